The van der Waals surface area contributed by atoms with Gasteiger partial charge in [-0.3, -0.25) is 9.54 Å². The minimum absolute atomic E-state index is 0.142. The van der Waals surface area contributed by atoms with E-state index in [1.165, 1.54) is 12.4 Å². The van der Waals surface area contributed by atoms with Crippen molar-refractivity contribution < 1.29 is 34.6 Å². The Labute approximate surface area is 111 Å². The highest BCUT2D eigenvalue weighted by Crippen LogP contribution is 2.20. The molecule has 19 heavy (non-hydrogen) atoms. The molecule has 12 heteroatoms. The first-order valence-electron chi connectivity index (χ1n) is 4.18. The highest BCUT2D eigenvalue weighted by Gasteiger charge is 2.44. The van der Waals surface area contributed by atoms with Gasteiger partial charge in [-0.05, 0) is 17.7 Å². The van der Waals surface area contributed by atoms with Gasteiger partial charge in [0.25, 0.3) is 0 Å². The van der Waals surface area contributed by atoms with E-state index in [-0.39, 0.29) is 5.75 Å². The molecule has 6 nitrogen and oxygen atoms in total. The van der Waals surface area contributed by atoms with Gasteiger partial charge in [0.05, 0.1) is 5.75 Å². The van der Waals surface area contributed by atoms with Crippen LogP contribution in [0.3, 0.4) is 0 Å². The van der Waals surface area contributed by atoms with Gasteiger partial charge in [-0.2, -0.15) is 21.6 Å². The van der Waals surface area contributed by atoms with Crippen molar-refractivity contribution in [3.63, 3.8) is 0 Å². The van der Waals surface area contributed by atoms with Crippen molar-refractivity contribution in [3.8, 4) is 0 Å². The minimum atomic E-state index is -5.84. The number of alkyl halides is 3. The smallest absolute Gasteiger partial charge is 0.279 e. The average molecular weight is 342 g/mol. The summed E-state index contributed by atoms with van der Waals surface area (Å²) in [5.74, 6) is -0.142. The molecule has 0 aliphatic heterocycles. The minimum Gasteiger partial charge on any atom is -0.279 e. The lowest BCUT2D eigenvalue weighted by Gasteiger charge is -1.97. The molecule has 1 N–H and O–H groups in total. The molecule has 0 aliphatic rings. The van der Waals surface area contributed by atoms with Gasteiger partial charge in [0.2, 0.25) is 9.05 Å². The Bertz CT molecular complexity index is 599. The van der Waals surface area contributed by atoms with E-state index in [2.05, 4.69) is 4.98 Å². The number of hydrogen-bond acceptors (Lipinski definition) is 5. The van der Waals surface area contributed by atoms with E-state index in [1.54, 1.807) is 12.1 Å². The molecule has 0 aromatic carbocycles. The first-order valence-corrected chi connectivity index (χ1v) is 8.10. The van der Waals surface area contributed by atoms with Crippen molar-refractivity contribution in [2.75, 3.05) is 0 Å². The van der Waals surface area contributed by atoms with Crippen molar-refractivity contribution >= 4 is 29.9 Å². The van der Waals surface area contributed by atoms with E-state index >= 15 is 0 Å². The summed E-state index contributed by atoms with van der Waals surface area (Å²) in [4.78, 5) is 3.74. The Morgan fingerprint density at radius 3 is 1.79 bits per heavy atom. The van der Waals surface area contributed by atoms with Crippen LogP contribution in [0.4, 0.5) is 13.2 Å². The quantitative estimate of drug-likeness (QED) is 0.497. The molecule has 0 radical (unpaired) electrons. The standard InChI is InChI=1S/C6H6ClNO2S.CHF3O3S/c7-11(9,10)5-6-1-3-8-4-2-6;2-1(3,4)8(5,6)7/h1-4H,5H2;(H,5,6,7). The molecule has 0 amide bonds. The average Bonchev–Trinajstić information content (AvgIpc) is 2.14. The van der Waals surface area contributed by atoms with E-state index in [0.29, 0.717) is 5.56 Å². The van der Waals surface area contributed by atoms with Crippen molar-refractivity contribution in [2.45, 2.75) is 11.3 Å². The van der Waals surface area contributed by atoms with Gasteiger partial charge in [-0.1, -0.05) is 0 Å². The van der Waals surface area contributed by atoms with Gasteiger partial charge < -0.3 is 0 Å². The highest BCUT2D eigenvalue weighted by molar-refractivity contribution is 8.13. The number of hydrogen-bond donors (Lipinski definition) is 1. The third kappa shape index (κ3) is 8.75. The van der Waals surface area contributed by atoms with Crippen LogP contribution in [0, 0.1) is 0 Å². The van der Waals surface area contributed by atoms with Crippen LogP contribution in [0.2, 0.25) is 0 Å². The fourth-order valence-electron chi connectivity index (χ4n) is 0.678. The number of halogens is 4. The summed E-state index contributed by atoms with van der Waals surface area (Å²) in [6.07, 6.45) is 3.05. The monoisotopic (exact) mass is 341 g/mol. The fourth-order valence-corrected chi connectivity index (χ4v) is 1.65. The van der Waals surface area contributed by atoms with Crippen LogP contribution in [0.1, 0.15) is 5.56 Å². The third-order valence-corrected chi connectivity index (χ3v) is 2.97. The van der Waals surface area contributed by atoms with Crippen molar-refractivity contribution in [2.24, 2.45) is 0 Å². The van der Waals surface area contributed by atoms with Crippen LogP contribution in [0.15, 0.2) is 24.5 Å². The Morgan fingerprint density at radius 1 is 1.16 bits per heavy atom. The number of nitrogens with zero attached hydrogens (tertiary/aromatic N) is 1. The van der Waals surface area contributed by atoms with E-state index in [0.717, 1.165) is 0 Å². The summed E-state index contributed by atoms with van der Waals surface area (Å²) >= 11 is 0. The summed E-state index contributed by atoms with van der Waals surface area (Å²) in [6.45, 7) is 0. The molecule has 0 fully saturated rings. The largest absolute Gasteiger partial charge is 0.522 e. The topological polar surface area (TPSA) is 101 Å². The zero-order chi connectivity index (χ0) is 15.3. The van der Waals surface area contributed by atoms with Crippen LogP contribution in [-0.4, -0.2) is 31.9 Å². The summed E-state index contributed by atoms with van der Waals surface area (Å²) in [5.41, 5.74) is -4.89. The van der Waals surface area contributed by atoms with E-state index in [1.807, 2.05) is 0 Å². The van der Waals surface area contributed by atoms with Gasteiger partial charge in [0.1, 0.15) is 0 Å². The zero-order valence-electron chi connectivity index (χ0n) is 8.87. The summed E-state index contributed by atoms with van der Waals surface area (Å²) in [6, 6.07) is 3.22. The lowest BCUT2D eigenvalue weighted by Crippen LogP contribution is -2.21. The van der Waals surface area contributed by atoms with E-state index in [9.17, 15) is 21.6 Å². The van der Waals surface area contributed by atoms with Crippen LogP contribution in [-0.2, 0) is 24.9 Å². The van der Waals surface area contributed by atoms with Gasteiger partial charge in [0, 0.05) is 23.1 Å². The number of aromatic nitrogens is 1. The molecule has 0 spiro atoms. The SMILES string of the molecule is O=S(=O)(Cl)Cc1ccncc1.O=S(=O)(O)C(F)(F)F. The van der Waals surface area contributed by atoms with Crippen LogP contribution in [0.5, 0.6) is 0 Å². The molecule has 1 rings (SSSR count). The molecule has 1 aromatic heterocycles. The third-order valence-electron chi connectivity index (χ3n) is 1.38. The molecular weight excluding hydrogens is 335 g/mol. The molecule has 0 atom stereocenters. The molecule has 1 heterocycles. The van der Waals surface area contributed by atoms with Crippen molar-refractivity contribution in [3.05, 3.63) is 30.1 Å². The fraction of sp³-hybridized carbons (Fsp3) is 0.286. The van der Waals surface area contributed by atoms with E-state index < -0.39 is 24.7 Å². The van der Waals surface area contributed by atoms with Gasteiger partial charge in [-0.15, -0.1) is 0 Å². The molecule has 110 valence electrons. The maximum Gasteiger partial charge on any atom is 0.522 e. The first-order chi connectivity index (χ1) is 8.33. The molecule has 0 bridgehead atoms. The first kappa shape index (κ1) is 18.1. The zero-order valence-corrected chi connectivity index (χ0v) is 11.3. The maximum atomic E-state index is 10.7. The van der Waals surface area contributed by atoms with Crippen LogP contribution >= 0.6 is 10.7 Å². The lowest BCUT2D eigenvalue weighted by atomic mass is 10.3. The van der Waals surface area contributed by atoms with Crippen molar-refractivity contribution in [1.82, 2.24) is 4.98 Å². The van der Waals surface area contributed by atoms with Gasteiger partial charge in [-0.25, -0.2) is 8.42 Å². The number of rotatable bonds is 2. The number of pyridine rings is 1. The molecule has 0 saturated carbocycles. The Morgan fingerprint density at radius 2 is 1.53 bits per heavy atom. The van der Waals surface area contributed by atoms with Crippen LogP contribution < -0.4 is 0 Å². The van der Waals surface area contributed by atoms with Crippen molar-refractivity contribution in [1.29, 1.82) is 0 Å². The van der Waals surface area contributed by atoms with Gasteiger partial charge >= 0.3 is 15.6 Å². The van der Waals surface area contributed by atoms with E-state index in [4.69, 9.17) is 23.7 Å². The second-order valence-corrected chi connectivity index (χ2v) is 7.15. The lowest BCUT2D eigenvalue weighted by molar-refractivity contribution is -0.0510. The Kier molecular flexibility index (Phi) is 6.19. The molecule has 0 saturated heterocycles. The van der Waals surface area contributed by atoms with Gasteiger partial charge in [0.15, 0.2) is 0 Å². The molecular formula is C7H7ClF3NO5S2. The highest BCUT2D eigenvalue weighted by atomic mass is 35.7. The Hall–Kier alpha value is -0.910. The predicted molar refractivity (Wildman–Crippen MR) is 60.3 cm³/mol. The Balaban J connectivity index is 0.000000362. The normalized spacial score (nSPS) is 12.5. The summed E-state index contributed by atoms with van der Waals surface area (Å²) < 4.78 is 78.6. The predicted octanol–water partition coefficient (Wildman–Crippen LogP) is 1.54. The summed E-state index contributed by atoms with van der Waals surface area (Å²) in [5, 5.41) is 0. The molecule has 0 aliphatic carbocycles. The summed E-state index contributed by atoms with van der Waals surface area (Å²) in [7, 11) is -4.25. The van der Waals surface area contributed by atoms with Crippen LogP contribution in [0.25, 0.3) is 0 Å². The molecule has 0 unspecified atom stereocenters. The second-order valence-electron chi connectivity index (χ2n) is 2.96. The maximum absolute atomic E-state index is 10.7. The second kappa shape index (κ2) is 6.50. The molecule has 1 aromatic rings.